The lowest BCUT2D eigenvalue weighted by Gasteiger charge is -1.98. The van der Waals surface area contributed by atoms with Gasteiger partial charge in [-0.1, -0.05) is 31.2 Å². The Morgan fingerprint density at radius 1 is 1.33 bits per heavy atom. The molecule has 0 saturated carbocycles. The summed E-state index contributed by atoms with van der Waals surface area (Å²) < 4.78 is 0. The van der Waals surface area contributed by atoms with Gasteiger partial charge in [0.25, 0.3) is 0 Å². The molecular formula is C9H10. The monoisotopic (exact) mass is 118 g/mol. The van der Waals surface area contributed by atoms with Gasteiger partial charge >= 0.3 is 0 Å². The molecule has 9 heavy (non-hydrogen) atoms. The molecule has 1 rings (SSSR count). The molecule has 2 radical (unpaired) electrons. The van der Waals surface area contributed by atoms with Crippen molar-refractivity contribution in [1.82, 2.24) is 0 Å². The molecule has 46 valence electrons. The molecule has 0 saturated heterocycles. The van der Waals surface area contributed by atoms with Gasteiger partial charge in [0.15, 0.2) is 0 Å². The second-order valence-corrected chi connectivity index (χ2v) is 2.05. The van der Waals surface area contributed by atoms with Crippen LogP contribution < -0.4 is 0 Å². The number of hydrogen-bond acceptors (Lipinski definition) is 0. The fraction of sp³-hybridized carbons (Fsp3) is 0.222. The minimum atomic E-state index is 0.903. The highest BCUT2D eigenvalue weighted by Crippen LogP contribution is 2.05. The molecule has 0 N–H and O–H groups in total. The number of aryl methyl sites for hydroxylation is 1. The molecule has 0 fully saturated rings. The molecule has 0 unspecified atom stereocenters. The van der Waals surface area contributed by atoms with Crippen molar-refractivity contribution in [2.24, 2.45) is 0 Å². The van der Waals surface area contributed by atoms with Gasteiger partial charge in [-0.05, 0) is 24.5 Å². The van der Waals surface area contributed by atoms with Crippen LogP contribution in [0.3, 0.4) is 0 Å². The molecule has 1 aromatic carbocycles. The highest BCUT2D eigenvalue weighted by molar-refractivity contribution is 5.28. The first-order valence-corrected chi connectivity index (χ1v) is 3.18. The molecule has 0 aliphatic rings. The van der Waals surface area contributed by atoms with Crippen molar-refractivity contribution in [3.63, 3.8) is 0 Å². The van der Waals surface area contributed by atoms with E-state index in [9.17, 15) is 0 Å². The predicted molar refractivity (Wildman–Crippen MR) is 39.2 cm³/mol. The summed E-state index contributed by atoms with van der Waals surface area (Å²) in [6.07, 6.45) is 1.02. The zero-order valence-corrected chi connectivity index (χ0v) is 5.59. The van der Waals surface area contributed by atoms with E-state index in [1.165, 1.54) is 5.56 Å². The van der Waals surface area contributed by atoms with Crippen LogP contribution in [0, 0.1) is 6.92 Å². The average molecular weight is 118 g/mol. The van der Waals surface area contributed by atoms with Gasteiger partial charge in [0.2, 0.25) is 0 Å². The van der Waals surface area contributed by atoms with E-state index in [1.54, 1.807) is 0 Å². The molecule has 0 amide bonds. The Balaban J connectivity index is 3.01. The van der Waals surface area contributed by atoms with Gasteiger partial charge in [0.1, 0.15) is 0 Å². The molecule has 0 aliphatic carbocycles. The van der Waals surface area contributed by atoms with Gasteiger partial charge in [-0.2, -0.15) is 0 Å². The van der Waals surface area contributed by atoms with Crippen molar-refractivity contribution in [2.45, 2.75) is 13.3 Å². The summed E-state index contributed by atoms with van der Waals surface area (Å²) in [4.78, 5) is 0. The number of hydrogen-bond donors (Lipinski definition) is 0. The summed E-state index contributed by atoms with van der Waals surface area (Å²) in [6.45, 7) is 7.73. The molecule has 0 spiro atoms. The Morgan fingerprint density at radius 2 is 2.00 bits per heavy atom. The van der Waals surface area contributed by atoms with Gasteiger partial charge < -0.3 is 0 Å². The van der Waals surface area contributed by atoms with E-state index >= 15 is 0 Å². The molecule has 0 aromatic heterocycles. The van der Waals surface area contributed by atoms with Gasteiger partial charge in [0.05, 0.1) is 0 Å². The molecule has 0 atom stereocenters. The summed E-state index contributed by atoms with van der Waals surface area (Å²) in [5.41, 5.74) is 2.14. The van der Waals surface area contributed by atoms with Crippen LogP contribution >= 0.6 is 0 Å². The minimum absolute atomic E-state index is 0.903. The van der Waals surface area contributed by atoms with Crippen LogP contribution in [0.1, 0.15) is 18.1 Å². The maximum Gasteiger partial charge on any atom is -0.000912 e. The van der Waals surface area contributed by atoms with E-state index in [-0.39, 0.29) is 0 Å². The summed E-state index contributed by atoms with van der Waals surface area (Å²) >= 11 is 0. The fourth-order valence-electron chi connectivity index (χ4n) is 0.856. The van der Waals surface area contributed by atoms with Crippen molar-refractivity contribution in [1.29, 1.82) is 0 Å². The van der Waals surface area contributed by atoms with Crippen molar-refractivity contribution in [2.75, 3.05) is 0 Å². The summed E-state index contributed by atoms with van der Waals surface area (Å²) in [5, 5.41) is 0. The van der Waals surface area contributed by atoms with Gasteiger partial charge in [-0.25, -0.2) is 0 Å². The minimum Gasteiger partial charge on any atom is -0.0620 e. The molecule has 0 aliphatic heterocycles. The van der Waals surface area contributed by atoms with E-state index in [0.29, 0.717) is 0 Å². The van der Waals surface area contributed by atoms with Crippen molar-refractivity contribution >= 4 is 0 Å². The van der Waals surface area contributed by atoms with Crippen molar-refractivity contribution in [3.8, 4) is 0 Å². The summed E-state index contributed by atoms with van der Waals surface area (Å²) in [6, 6.07) is 7.94. The molecule has 1 aromatic rings. The Labute approximate surface area is 56.5 Å². The van der Waals surface area contributed by atoms with Gasteiger partial charge in [0, 0.05) is 0 Å². The van der Waals surface area contributed by atoms with Crippen LogP contribution in [0.2, 0.25) is 0 Å². The standard InChI is InChI=1S/C9H10/c1-3-9-7-5-4-6-8(9)2/h2,4-7H,3H2,1H3. The van der Waals surface area contributed by atoms with Crippen LogP contribution in [0.5, 0.6) is 0 Å². The smallest absolute Gasteiger partial charge is 0.000912 e. The van der Waals surface area contributed by atoms with Crippen LogP contribution in [-0.4, -0.2) is 0 Å². The first-order valence-electron chi connectivity index (χ1n) is 3.18. The number of benzene rings is 1. The maximum atomic E-state index is 5.63. The fourth-order valence-corrected chi connectivity index (χ4v) is 0.856. The molecule has 0 heteroatoms. The van der Waals surface area contributed by atoms with Crippen molar-refractivity contribution in [3.05, 3.63) is 42.3 Å². The largest absolute Gasteiger partial charge is 0.0620 e. The molecule has 0 bridgehead atoms. The second-order valence-electron chi connectivity index (χ2n) is 2.05. The normalized spacial score (nSPS) is 9.56. The van der Waals surface area contributed by atoms with Crippen molar-refractivity contribution < 1.29 is 0 Å². The first-order chi connectivity index (χ1) is 4.34. The summed E-state index contributed by atoms with van der Waals surface area (Å²) in [5.74, 6) is 0. The lowest BCUT2D eigenvalue weighted by molar-refractivity contribution is 1.13. The highest BCUT2D eigenvalue weighted by atomic mass is 13.9. The van der Waals surface area contributed by atoms with Crippen LogP contribution in [-0.2, 0) is 6.42 Å². The molecule has 0 heterocycles. The van der Waals surface area contributed by atoms with E-state index in [1.807, 2.05) is 18.2 Å². The SMILES string of the molecule is [CH]c1ccccc1CC. The Hall–Kier alpha value is -0.780. The predicted octanol–water partition coefficient (Wildman–Crippen LogP) is 2.31. The third-order valence-corrected chi connectivity index (χ3v) is 1.44. The van der Waals surface area contributed by atoms with Gasteiger partial charge in [-0.15, -0.1) is 0 Å². The maximum absolute atomic E-state index is 5.63. The zero-order chi connectivity index (χ0) is 6.69. The van der Waals surface area contributed by atoms with E-state index in [2.05, 4.69) is 13.0 Å². The molecular weight excluding hydrogens is 108 g/mol. The van der Waals surface area contributed by atoms with Crippen LogP contribution in [0.15, 0.2) is 24.3 Å². The van der Waals surface area contributed by atoms with Gasteiger partial charge in [-0.3, -0.25) is 0 Å². The van der Waals surface area contributed by atoms with Crippen LogP contribution in [0.25, 0.3) is 0 Å². The lowest BCUT2D eigenvalue weighted by atomic mass is 10.1. The average Bonchev–Trinajstić information content (AvgIpc) is 1.89. The molecule has 0 nitrogen and oxygen atoms in total. The highest BCUT2D eigenvalue weighted by Gasteiger charge is 1.89. The summed E-state index contributed by atoms with van der Waals surface area (Å²) in [7, 11) is 0. The zero-order valence-electron chi connectivity index (χ0n) is 5.59. The van der Waals surface area contributed by atoms with Crippen LogP contribution in [0.4, 0.5) is 0 Å². The van der Waals surface area contributed by atoms with E-state index in [0.717, 1.165) is 12.0 Å². The third-order valence-electron chi connectivity index (χ3n) is 1.44. The Morgan fingerprint density at radius 3 is 2.44 bits per heavy atom. The first kappa shape index (κ1) is 6.34. The Kier molecular flexibility index (Phi) is 1.88. The van der Waals surface area contributed by atoms with E-state index < -0.39 is 0 Å². The topological polar surface area (TPSA) is 0 Å². The lowest BCUT2D eigenvalue weighted by Crippen LogP contribution is -1.82. The third kappa shape index (κ3) is 1.32. The quantitative estimate of drug-likeness (QED) is 0.530. The van der Waals surface area contributed by atoms with E-state index in [4.69, 9.17) is 6.92 Å². The number of rotatable bonds is 1. The second kappa shape index (κ2) is 2.67. The Bertz CT molecular complexity index is 189.